The van der Waals surface area contributed by atoms with Gasteiger partial charge in [-0.15, -0.1) is 0 Å². The van der Waals surface area contributed by atoms with Crippen LogP contribution in [0.5, 0.6) is 0 Å². The summed E-state index contributed by atoms with van der Waals surface area (Å²) in [5.41, 5.74) is 0.595. The third kappa shape index (κ3) is 3.30. The molecule has 0 aliphatic carbocycles. The molecule has 0 bridgehead atoms. The Morgan fingerprint density at radius 3 is 2.69 bits per heavy atom. The molecule has 0 spiro atoms. The van der Waals surface area contributed by atoms with Gasteiger partial charge in [-0.1, -0.05) is 22.9 Å². The maximum Gasteiger partial charge on any atom is 0.306 e. The molecule has 0 radical (unpaired) electrons. The highest BCUT2D eigenvalue weighted by Gasteiger charge is 2.15. The second-order valence-corrected chi connectivity index (χ2v) is 4.43. The molecule has 0 aliphatic heterocycles. The van der Waals surface area contributed by atoms with Crippen LogP contribution < -0.4 is 0 Å². The van der Waals surface area contributed by atoms with Gasteiger partial charge in [0, 0.05) is 16.6 Å². The molecule has 5 nitrogen and oxygen atoms in total. The van der Waals surface area contributed by atoms with Crippen LogP contribution in [0.1, 0.15) is 12.5 Å². The molecule has 0 fully saturated rings. The third-order valence-electron chi connectivity index (χ3n) is 2.12. The molecule has 0 amide bonds. The zero-order valence-electron chi connectivity index (χ0n) is 8.51. The summed E-state index contributed by atoms with van der Waals surface area (Å²) in [6, 6.07) is 4.46. The zero-order chi connectivity index (χ0) is 12.3. The summed E-state index contributed by atoms with van der Waals surface area (Å²) in [6.07, 6.45) is 0.273. The predicted molar refractivity (Wildman–Crippen MR) is 61.3 cm³/mol. The summed E-state index contributed by atoms with van der Waals surface area (Å²) in [5, 5.41) is 19.3. The highest BCUT2D eigenvalue weighted by Crippen LogP contribution is 2.23. The molecule has 1 aromatic rings. The molecule has 0 heterocycles. The van der Waals surface area contributed by atoms with Gasteiger partial charge in [-0.3, -0.25) is 14.9 Å². The van der Waals surface area contributed by atoms with E-state index in [1.54, 1.807) is 13.0 Å². The van der Waals surface area contributed by atoms with Gasteiger partial charge in [-0.25, -0.2) is 0 Å². The Kier molecular flexibility index (Phi) is 4.00. The Balaban J connectivity index is 2.97. The van der Waals surface area contributed by atoms with Crippen molar-refractivity contribution < 1.29 is 14.8 Å². The zero-order valence-corrected chi connectivity index (χ0v) is 10.1. The van der Waals surface area contributed by atoms with E-state index >= 15 is 0 Å². The second kappa shape index (κ2) is 5.07. The number of nitro groups is 1. The van der Waals surface area contributed by atoms with E-state index in [2.05, 4.69) is 15.9 Å². The van der Waals surface area contributed by atoms with Crippen LogP contribution in [-0.4, -0.2) is 16.0 Å². The lowest BCUT2D eigenvalue weighted by atomic mass is 10.0. The van der Waals surface area contributed by atoms with Crippen LogP contribution in [-0.2, 0) is 11.2 Å². The molecule has 1 unspecified atom stereocenters. The molecule has 6 heteroatoms. The highest BCUT2D eigenvalue weighted by atomic mass is 79.9. The lowest BCUT2D eigenvalue weighted by Crippen LogP contribution is -2.12. The molecular weight excluding hydrogens is 278 g/mol. The van der Waals surface area contributed by atoms with Crippen LogP contribution in [0.2, 0.25) is 0 Å². The fraction of sp³-hybridized carbons (Fsp3) is 0.300. The molecule has 1 atom stereocenters. The first kappa shape index (κ1) is 12.6. The van der Waals surface area contributed by atoms with E-state index in [9.17, 15) is 14.9 Å². The Morgan fingerprint density at radius 2 is 2.19 bits per heavy atom. The Labute approximate surface area is 100 Å². The number of carbonyl (C=O) groups is 1. The fourth-order valence-electron chi connectivity index (χ4n) is 1.30. The lowest BCUT2D eigenvalue weighted by Gasteiger charge is -2.06. The monoisotopic (exact) mass is 287 g/mol. The van der Waals surface area contributed by atoms with Crippen molar-refractivity contribution in [3.63, 3.8) is 0 Å². The van der Waals surface area contributed by atoms with Crippen LogP contribution in [0.25, 0.3) is 0 Å². The predicted octanol–water partition coefficient (Wildman–Crippen LogP) is 2.62. The van der Waals surface area contributed by atoms with Crippen molar-refractivity contribution >= 4 is 27.6 Å². The van der Waals surface area contributed by atoms with E-state index < -0.39 is 16.8 Å². The van der Waals surface area contributed by atoms with E-state index in [1.807, 2.05) is 0 Å². The first-order valence-corrected chi connectivity index (χ1v) is 5.36. The highest BCUT2D eigenvalue weighted by molar-refractivity contribution is 9.10. The van der Waals surface area contributed by atoms with Gasteiger partial charge < -0.3 is 5.11 Å². The maximum atomic E-state index is 10.7. The van der Waals surface area contributed by atoms with E-state index in [0.717, 1.165) is 0 Å². The molecule has 0 saturated heterocycles. The van der Waals surface area contributed by atoms with Gasteiger partial charge in [0.1, 0.15) is 0 Å². The number of rotatable bonds is 4. The quantitative estimate of drug-likeness (QED) is 0.682. The molecule has 1 aromatic carbocycles. The molecule has 1 rings (SSSR count). The summed E-state index contributed by atoms with van der Waals surface area (Å²) < 4.78 is 0.578. The standard InChI is InChI=1S/C10H10BrNO4/c1-6(10(13)14)2-7-3-8(11)5-9(4-7)12(15)16/h3-6H,2H2,1H3,(H,13,14). The lowest BCUT2D eigenvalue weighted by molar-refractivity contribution is -0.385. The number of hydrogen-bond donors (Lipinski definition) is 1. The van der Waals surface area contributed by atoms with Crippen molar-refractivity contribution in [1.29, 1.82) is 0 Å². The van der Waals surface area contributed by atoms with Crippen molar-refractivity contribution in [2.75, 3.05) is 0 Å². The topological polar surface area (TPSA) is 80.4 Å². The van der Waals surface area contributed by atoms with Crippen molar-refractivity contribution in [1.82, 2.24) is 0 Å². The molecule has 86 valence electrons. The van der Waals surface area contributed by atoms with Crippen LogP contribution in [0.4, 0.5) is 5.69 Å². The summed E-state index contributed by atoms with van der Waals surface area (Å²) in [7, 11) is 0. The molecule has 0 aromatic heterocycles. The number of aliphatic carboxylic acids is 1. The fourth-order valence-corrected chi connectivity index (χ4v) is 1.83. The smallest absolute Gasteiger partial charge is 0.306 e. The molecule has 0 aliphatic rings. The Hall–Kier alpha value is -1.43. The summed E-state index contributed by atoms with van der Waals surface area (Å²) in [6.45, 7) is 1.56. The van der Waals surface area contributed by atoms with Crippen LogP contribution in [0, 0.1) is 16.0 Å². The normalized spacial score (nSPS) is 12.1. The van der Waals surface area contributed by atoms with Gasteiger partial charge in [0.2, 0.25) is 0 Å². The van der Waals surface area contributed by atoms with Crippen molar-refractivity contribution in [2.24, 2.45) is 5.92 Å². The molecule has 0 saturated carbocycles. The number of nitrogens with zero attached hydrogens (tertiary/aromatic N) is 1. The largest absolute Gasteiger partial charge is 0.481 e. The first-order chi connectivity index (χ1) is 7.40. The number of nitro benzene ring substituents is 1. The number of carboxylic acids is 1. The van der Waals surface area contributed by atoms with Crippen molar-refractivity contribution in [3.8, 4) is 0 Å². The van der Waals surface area contributed by atoms with Gasteiger partial charge in [0.15, 0.2) is 0 Å². The van der Waals surface area contributed by atoms with Crippen LogP contribution >= 0.6 is 15.9 Å². The molecular formula is C10H10BrNO4. The van der Waals surface area contributed by atoms with E-state index in [1.165, 1.54) is 12.1 Å². The summed E-state index contributed by atoms with van der Waals surface area (Å²) in [4.78, 5) is 20.8. The minimum Gasteiger partial charge on any atom is -0.481 e. The number of non-ortho nitro benzene ring substituents is 1. The summed E-state index contributed by atoms with van der Waals surface area (Å²) >= 11 is 3.16. The van der Waals surface area contributed by atoms with Crippen LogP contribution in [0.15, 0.2) is 22.7 Å². The van der Waals surface area contributed by atoms with Gasteiger partial charge in [0.05, 0.1) is 10.8 Å². The maximum absolute atomic E-state index is 10.7. The first-order valence-electron chi connectivity index (χ1n) is 4.57. The van der Waals surface area contributed by atoms with E-state index in [4.69, 9.17) is 5.11 Å². The van der Waals surface area contributed by atoms with Gasteiger partial charge in [-0.2, -0.15) is 0 Å². The Morgan fingerprint density at radius 1 is 1.56 bits per heavy atom. The minimum absolute atomic E-state index is 0.0398. The van der Waals surface area contributed by atoms with Gasteiger partial charge in [-0.05, 0) is 18.1 Å². The van der Waals surface area contributed by atoms with Crippen molar-refractivity contribution in [3.05, 3.63) is 38.3 Å². The van der Waals surface area contributed by atoms with E-state index in [0.29, 0.717) is 10.0 Å². The number of hydrogen-bond acceptors (Lipinski definition) is 3. The summed E-state index contributed by atoms with van der Waals surface area (Å²) in [5.74, 6) is -1.48. The van der Waals surface area contributed by atoms with Gasteiger partial charge in [0.25, 0.3) is 5.69 Å². The number of benzene rings is 1. The SMILES string of the molecule is CC(Cc1cc(Br)cc([N+](=O)[O-])c1)C(=O)O. The van der Waals surface area contributed by atoms with Crippen LogP contribution in [0.3, 0.4) is 0 Å². The molecule has 1 N–H and O–H groups in total. The van der Waals surface area contributed by atoms with Gasteiger partial charge >= 0.3 is 5.97 Å². The number of halogens is 1. The third-order valence-corrected chi connectivity index (χ3v) is 2.57. The minimum atomic E-state index is -0.914. The average Bonchev–Trinajstić information content (AvgIpc) is 2.16. The molecule has 16 heavy (non-hydrogen) atoms. The number of carboxylic acid groups (broad SMARTS) is 1. The van der Waals surface area contributed by atoms with Crippen molar-refractivity contribution in [2.45, 2.75) is 13.3 Å². The van der Waals surface area contributed by atoms with E-state index in [-0.39, 0.29) is 12.1 Å². The Bertz CT molecular complexity index is 433. The average molecular weight is 288 g/mol. The second-order valence-electron chi connectivity index (χ2n) is 3.52.